The summed E-state index contributed by atoms with van der Waals surface area (Å²) in [7, 11) is -4.37. The molecule has 0 fully saturated rings. The SMILES string of the molecule is CCCC(c1ncccc1O[I+2]([O-])[O-])S(=O)(=O)O. The van der Waals surface area contributed by atoms with Crippen LogP contribution in [-0.2, 0) is 10.1 Å². The molecule has 1 rings (SSSR count). The van der Waals surface area contributed by atoms with Crippen LogP contribution in [-0.4, -0.2) is 18.0 Å². The maximum absolute atomic E-state index is 11.3. The van der Waals surface area contributed by atoms with Crippen LogP contribution in [0, 0.1) is 0 Å². The van der Waals surface area contributed by atoms with E-state index in [1.165, 1.54) is 18.3 Å². The summed E-state index contributed by atoms with van der Waals surface area (Å²) in [5.41, 5.74) is -0.0872. The number of nitrogens with zero attached hydrogens (tertiary/aromatic N) is 1. The maximum atomic E-state index is 11.3. The molecule has 9 heteroatoms. The molecule has 0 aromatic carbocycles. The Labute approximate surface area is 114 Å². The average Bonchev–Trinajstić information content (AvgIpc) is 2.25. The van der Waals surface area contributed by atoms with Gasteiger partial charge in [-0.3, -0.25) is 9.54 Å². The molecule has 1 unspecified atom stereocenters. The van der Waals surface area contributed by atoms with Crippen molar-refractivity contribution in [2.24, 2.45) is 0 Å². The van der Waals surface area contributed by atoms with Crippen LogP contribution in [0.4, 0.5) is 0 Å². The molecule has 1 aromatic heterocycles. The molecule has 0 amide bonds. The molecular weight excluding hydrogens is 377 g/mol. The fourth-order valence-corrected chi connectivity index (χ4v) is 3.22. The Morgan fingerprint density at radius 1 is 1.56 bits per heavy atom. The minimum absolute atomic E-state index is 0.0872. The van der Waals surface area contributed by atoms with E-state index < -0.39 is 36.4 Å². The van der Waals surface area contributed by atoms with Gasteiger partial charge in [0.05, 0.1) is 0 Å². The monoisotopic (exact) mass is 389 g/mol. The van der Waals surface area contributed by atoms with E-state index >= 15 is 0 Å². The van der Waals surface area contributed by atoms with Crippen LogP contribution in [0.15, 0.2) is 18.3 Å². The van der Waals surface area contributed by atoms with Crippen molar-refractivity contribution in [3.8, 4) is 5.75 Å². The average molecular weight is 389 g/mol. The second kappa shape index (κ2) is 6.61. The van der Waals surface area contributed by atoms with Crippen LogP contribution >= 0.6 is 0 Å². The van der Waals surface area contributed by atoms with Crippen molar-refractivity contribution in [1.82, 2.24) is 4.98 Å². The first-order valence-electron chi connectivity index (χ1n) is 5.01. The van der Waals surface area contributed by atoms with Crippen molar-refractivity contribution in [1.29, 1.82) is 0 Å². The molecule has 1 heterocycles. The molecule has 0 saturated heterocycles. The molecule has 1 atom stereocenters. The van der Waals surface area contributed by atoms with Crippen LogP contribution in [0.5, 0.6) is 5.75 Å². The highest BCUT2D eigenvalue weighted by molar-refractivity contribution is 7.86. The molecule has 0 spiro atoms. The third kappa shape index (κ3) is 4.31. The van der Waals surface area contributed by atoms with Crippen LogP contribution in [0.25, 0.3) is 0 Å². The van der Waals surface area contributed by atoms with Crippen molar-refractivity contribution < 1.29 is 44.0 Å². The topological polar surface area (TPSA) is 123 Å². The van der Waals surface area contributed by atoms with Crippen LogP contribution < -0.4 is 31.0 Å². The van der Waals surface area contributed by atoms with Crippen LogP contribution in [0.1, 0.15) is 30.7 Å². The van der Waals surface area contributed by atoms with Gasteiger partial charge in [-0.05, 0) is 18.6 Å². The van der Waals surface area contributed by atoms with Gasteiger partial charge in [-0.1, -0.05) is 13.3 Å². The molecule has 0 bridgehead atoms. The van der Waals surface area contributed by atoms with Gasteiger partial charge in [-0.25, -0.2) is 0 Å². The molecule has 0 saturated carbocycles. The molecule has 0 aliphatic heterocycles. The Morgan fingerprint density at radius 3 is 2.72 bits per heavy atom. The van der Waals surface area contributed by atoms with Gasteiger partial charge in [0.1, 0.15) is 10.9 Å². The zero-order chi connectivity index (χ0) is 13.8. The molecule has 1 aromatic rings. The minimum atomic E-state index is -4.37. The molecule has 1 N–H and O–H groups in total. The molecule has 0 radical (unpaired) electrons. The quantitative estimate of drug-likeness (QED) is 0.392. The molecule has 7 nitrogen and oxygen atoms in total. The van der Waals surface area contributed by atoms with E-state index in [2.05, 4.69) is 8.05 Å². The number of pyridine rings is 1. The number of hydrogen-bond acceptors (Lipinski definition) is 6. The van der Waals surface area contributed by atoms with Gasteiger partial charge >= 0.3 is 21.1 Å². The smallest absolute Gasteiger partial charge is 0.385 e. The summed E-state index contributed by atoms with van der Waals surface area (Å²) in [6.45, 7) is 1.74. The zero-order valence-corrected chi connectivity index (χ0v) is 12.4. The number of hydrogen-bond donors (Lipinski definition) is 1. The Balaban J connectivity index is 3.19. The van der Waals surface area contributed by atoms with Gasteiger partial charge in [0, 0.05) is 6.20 Å². The summed E-state index contributed by atoms with van der Waals surface area (Å²) < 4.78 is 57.5. The number of aromatic nitrogens is 1. The van der Waals surface area contributed by atoms with E-state index in [-0.39, 0.29) is 17.9 Å². The normalized spacial score (nSPS) is 13.6. The highest BCUT2D eigenvalue weighted by atomic mass is 127. The summed E-state index contributed by atoms with van der Waals surface area (Å²) in [4.78, 5) is 3.80. The molecular formula is C9H12INO6S. The van der Waals surface area contributed by atoms with Crippen molar-refractivity contribution in [2.75, 3.05) is 0 Å². The minimum Gasteiger partial charge on any atom is -0.385 e. The van der Waals surface area contributed by atoms with Crippen molar-refractivity contribution >= 4 is 10.1 Å². The lowest BCUT2D eigenvalue weighted by molar-refractivity contribution is -1.62. The zero-order valence-electron chi connectivity index (χ0n) is 9.45. The number of halogens is 1. The first-order valence-corrected chi connectivity index (χ1v) is 9.16. The molecule has 0 aliphatic carbocycles. The van der Waals surface area contributed by atoms with Gasteiger partial charge in [0.25, 0.3) is 10.1 Å². The summed E-state index contributed by atoms with van der Waals surface area (Å²) >= 11 is -4.02. The highest BCUT2D eigenvalue weighted by Crippen LogP contribution is 2.30. The second-order valence-corrected chi connectivity index (χ2v) is 6.56. The summed E-state index contributed by atoms with van der Waals surface area (Å²) in [5, 5.41) is -1.28. The van der Waals surface area contributed by atoms with Gasteiger partial charge in [0.2, 0.25) is 5.75 Å². The van der Waals surface area contributed by atoms with E-state index in [0.29, 0.717) is 6.42 Å². The van der Waals surface area contributed by atoms with E-state index in [0.717, 1.165) is 0 Å². The van der Waals surface area contributed by atoms with E-state index in [1.807, 2.05) is 0 Å². The maximum Gasteiger partial charge on any atom is 0.570 e. The van der Waals surface area contributed by atoms with Gasteiger partial charge < -0.3 is 6.87 Å². The predicted octanol–water partition coefficient (Wildman–Crippen LogP) is -3.72. The lowest BCUT2D eigenvalue weighted by atomic mass is 10.1. The Morgan fingerprint density at radius 2 is 2.22 bits per heavy atom. The van der Waals surface area contributed by atoms with E-state index in [4.69, 9.17) is 4.55 Å². The first kappa shape index (κ1) is 15.6. The highest BCUT2D eigenvalue weighted by Gasteiger charge is 2.32. The largest absolute Gasteiger partial charge is 0.570 e. The lowest BCUT2D eigenvalue weighted by Crippen LogP contribution is -4.00. The predicted molar refractivity (Wildman–Crippen MR) is 54.1 cm³/mol. The Kier molecular flexibility index (Phi) is 5.72. The molecule has 102 valence electrons. The van der Waals surface area contributed by atoms with Crippen molar-refractivity contribution in [2.45, 2.75) is 25.0 Å². The Hall–Kier alpha value is -0.490. The molecule has 18 heavy (non-hydrogen) atoms. The number of rotatable bonds is 6. The fraction of sp³-hybridized carbons (Fsp3) is 0.444. The van der Waals surface area contributed by atoms with Gasteiger partial charge in [-0.2, -0.15) is 8.42 Å². The standard InChI is InChI=1S/C9H12INO6S/c1-2-4-8(18(14,15)16)9-7(17-10(12)13)5-3-6-11-9/h3,5-6,8H,2,4H2,1H3,(H,14,15,16). The van der Waals surface area contributed by atoms with Gasteiger partial charge in [0.15, 0.2) is 0 Å². The van der Waals surface area contributed by atoms with Crippen molar-refractivity contribution in [3.05, 3.63) is 24.0 Å². The molecule has 0 aliphatic rings. The Bertz CT molecular complexity index is 492. The second-order valence-electron chi connectivity index (χ2n) is 3.45. The van der Waals surface area contributed by atoms with Gasteiger partial charge in [-0.15, -0.1) is 3.07 Å². The fourth-order valence-electron chi connectivity index (χ4n) is 1.47. The van der Waals surface area contributed by atoms with Crippen LogP contribution in [0.3, 0.4) is 0 Å². The van der Waals surface area contributed by atoms with Crippen molar-refractivity contribution in [3.63, 3.8) is 0 Å². The summed E-state index contributed by atoms with van der Waals surface area (Å²) in [5.74, 6) is -0.149. The summed E-state index contributed by atoms with van der Waals surface area (Å²) in [6, 6.07) is 2.72. The first-order chi connectivity index (χ1) is 8.36. The van der Waals surface area contributed by atoms with Crippen LogP contribution in [0.2, 0.25) is 0 Å². The lowest BCUT2D eigenvalue weighted by Gasteiger charge is -2.12. The van der Waals surface area contributed by atoms with E-state index in [1.54, 1.807) is 6.92 Å². The third-order valence-electron chi connectivity index (χ3n) is 2.16. The summed E-state index contributed by atoms with van der Waals surface area (Å²) in [6.07, 6.45) is 1.92. The van der Waals surface area contributed by atoms with E-state index in [9.17, 15) is 15.3 Å². The third-order valence-corrected chi connectivity index (χ3v) is 4.17.